The van der Waals surface area contributed by atoms with E-state index in [1.54, 1.807) is 37.3 Å². The van der Waals surface area contributed by atoms with Gasteiger partial charge < -0.3 is 15.4 Å². The van der Waals surface area contributed by atoms with Crippen LogP contribution in [0.4, 0.5) is 4.79 Å². The number of hydrogen-bond donors (Lipinski definition) is 2. The molecular formula is C19H25N3O5. The molecule has 0 saturated carbocycles. The number of imide groups is 1. The number of carbonyl (C=O) groups excluding carboxylic acids is 4. The van der Waals surface area contributed by atoms with Crippen LogP contribution in [0.15, 0.2) is 30.3 Å². The number of nitrogens with one attached hydrogen (secondary N) is 2. The van der Waals surface area contributed by atoms with Crippen LogP contribution in [0.25, 0.3) is 0 Å². The van der Waals surface area contributed by atoms with E-state index >= 15 is 0 Å². The number of amides is 4. The van der Waals surface area contributed by atoms with E-state index in [0.29, 0.717) is 18.0 Å². The normalized spacial score (nSPS) is 19.2. The highest BCUT2D eigenvalue weighted by molar-refractivity contribution is 6.08. The van der Waals surface area contributed by atoms with E-state index in [2.05, 4.69) is 10.6 Å². The topological polar surface area (TPSA) is 105 Å². The van der Waals surface area contributed by atoms with Crippen molar-refractivity contribution in [1.82, 2.24) is 15.5 Å². The molecule has 1 fully saturated rings. The minimum Gasteiger partial charge on any atom is -0.454 e. The van der Waals surface area contributed by atoms with Crippen LogP contribution in [0.1, 0.15) is 32.8 Å². The molecule has 1 aromatic carbocycles. The van der Waals surface area contributed by atoms with Crippen LogP contribution in [0.3, 0.4) is 0 Å². The summed E-state index contributed by atoms with van der Waals surface area (Å²) in [5, 5.41) is 5.24. The molecule has 27 heavy (non-hydrogen) atoms. The van der Waals surface area contributed by atoms with Crippen molar-refractivity contribution in [2.75, 3.05) is 19.7 Å². The molecule has 0 aliphatic carbocycles. The van der Waals surface area contributed by atoms with Gasteiger partial charge in [-0.1, -0.05) is 44.2 Å². The van der Waals surface area contributed by atoms with Crippen LogP contribution in [-0.4, -0.2) is 48.4 Å². The van der Waals surface area contributed by atoms with E-state index in [4.69, 9.17) is 4.74 Å². The van der Waals surface area contributed by atoms with Crippen molar-refractivity contribution in [2.24, 2.45) is 5.92 Å². The molecule has 8 nitrogen and oxygen atoms in total. The maximum Gasteiger partial charge on any atom is 0.326 e. The lowest BCUT2D eigenvalue weighted by atomic mass is 9.92. The summed E-state index contributed by atoms with van der Waals surface area (Å²) in [4.78, 5) is 49.2. The first-order chi connectivity index (χ1) is 12.7. The molecule has 1 saturated heterocycles. The van der Waals surface area contributed by atoms with Crippen molar-refractivity contribution >= 4 is 23.8 Å². The number of benzene rings is 1. The first-order valence-electron chi connectivity index (χ1n) is 8.86. The highest BCUT2D eigenvalue weighted by atomic mass is 16.5. The van der Waals surface area contributed by atoms with E-state index in [0.717, 1.165) is 11.3 Å². The summed E-state index contributed by atoms with van der Waals surface area (Å²) in [6.07, 6.45) is 0.820. The van der Waals surface area contributed by atoms with Gasteiger partial charge in [-0.25, -0.2) is 4.79 Å². The Morgan fingerprint density at radius 3 is 2.52 bits per heavy atom. The van der Waals surface area contributed by atoms with Gasteiger partial charge in [-0.05, 0) is 24.8 Å². The van der Waals surface area contributed by atoms with Gasteiger partial charge in [-0.2, -0.15) is 0 Å². The Balaban J connectivity index is 1.88. The third kappa shape index (κ3) is 5.06. The zero-order valence-electron chi connectivity index (χ0n) is 15.8. The van der Waals surface area contributed by atoms with Crippen molar-refractivity contribution in [3.8, 4) is 0 Å². The minimum absolute atomic E-state index is 0.421. The van der Waals surface area contributed by atoms with Crippen LogP contribution >= 0.6 is 0 Å². The average Bonchev–Trinajstić information content (AvgIpc) is 2.84. The predicted molar refractivity (Wildman–Crippen MR) is 97.5 cm³/mol. The van der Waals surface area contributed by atoms with E-state index < -0.39 is 42.5 Å². The van der Waals surface area contributed by atoms with Crippen LogP contribution < -0.4 is 10.6 Å². The third-order valence-electron chi connectivity index (χ3n) is 4.32. The quantitative estimate of drug-likeness (QED) is 0.524. The Labute approximate surface area is 158 Å². The lowest BCUT2D eigenvalue weighted by Crippen LogP contribution is -2.42. The molecule has 1 aliphatic rings. The van der Waals surface area contributed by atoms with Gasteiger partial charge >= 0.3 is 12.0 Å². The second-order valence-corrected chi connectivity index (χ2v) is 7.01. The fraction of sp³-hybridized carbons (Fsp3) is 0.474. The Bertz CT molecular complexity index is 719. The Hall–Kier alpha value is -2.90. The zero-order chi connectivity index (χ0) is 20.0. The van der Waals surface area contributed by atoms with Crippen LogP contribution in [0.2, 0.25) is 0 Å². The number of rotatable bonds is 8. The summed E-state index contributed by atoms with van der Waals surface area (Å²) in [5.74, 6) is -1.34. The molecule has 8 heteroatoms. The number of nitrogens with zero attached hydrogens (tertiary/aromatic N) is 1. The maximum absolute atomic E-state index is 12.7. The average molecular weight is 375 g/mol. The summed E-state index contributed by atoms with van der Waals surface area (Å²) in [7, 11) is 0. The molecule has 0 bridgehead atoms. The molecule has 1 aliphatic heterocycles. The zero-order valence-corrected chi connectivity index (χ0v) is 15.8. The molecule has 1 atom stereocenters. The molecule has 0 spiro atoms. The van der Waals surface area contributed by atoms with E-state index in [-0.39, 0.29) is 0 Å². The minimum atomic E-state index is -1.24. The molecule has 1 heterocycles. The number of hydrogen-bond acceptors (Lipinski definition) is 5. The van der Waals surface area contributed by atoms with Crippen LogP contribution in [-0.2, 0) is 24.7 Å². The summed E-state index contributed by atoms with van der Waals surface area (Å²) < 4.78 is 4.87. The lowest BCUT2D eigenvalue weighted by Gasteiger charge is -2.21. The van der Waals surface area contributed by atoms with Crippen molar-refractivity contribution in [3.05, 3.63) is 35.9 Å². The van der Waals surface area contributed by atoms with Crippen LogP contribution in [0.5, 0.6) is 0 Å². The Morgan fingerprint density at radius 1 is 1.22 bits per heavy atom. The molecule has 0 aromatic heterocycles. The smallest absolute Gasteiger partial charge is 0.326 e. The summed E-state index contributed by atoms with van der Waals surface area (Å²) in [6, 6.07) is 8.09. The first-order valence-corrected chi connectivity index (χ1v) is 8.86. The summed E-state index contributed by atoms with van der Waals surface area (Å²) in [6.45, 7) is 5.15. The Morgan fingerprint density at radius 2 is 1.89 bits per heavy atom. The van der Waals surface area contributed by atoms with Gasteiger partial charge in [0.25, 0.3) is 11.8 Å². The summed E-state index contributed by atoms with van der Waals surface area (Å²) in [5.41, 5.74) is -0.629. The van der Waals surface area contributed by atoms with Gasteiger partial charge in [-0.3, -0.25) is 19.3 Å². The van der Waals surface area contributed by atoms with Gasteiger partial charge in [0.1, 0.15) is 12.1 Å². The molecule has 1 aromatic rings. The first kappa shape index (κ1) is 20.4. The fourth-order valence-corrected chi connectivity index (χ4v) is 2.68. The van der Waals surface area contributed by atoms with Crippen molar-refractivity contribution in [1.29, 1.82) is 0 Å². The van der Waals surface area contributed by atoms with Crippen molar-refractivity contribution in [2.45, 2.75) is 32.7 Å². The number of esters is 1. The predicted octanol–water partition coefficient (Wildman–Crippen LogP) is 1.16. The highest BCUT2D eigenvalue weighted by Gasteiger charge is 2.49. The number of carbonyl (C=O) groups is 4. The van der Waals surface area contributed by atoms with Gasteiger partial charge in [0.15, 0.2) is 6.61 Å². The molecule has 146 valence electrons. The SMILES string of the molecule is CC(C)CCNC(=O)COC(=O)CN1C(=O)N[C@@](C)(c2ccccc2)C1=O. The van der Waals surface area contributed by atoms with Gasteiger partial charge in [0.2, 0.25) is 0 Å². The van der Waals surface area contributed by atoms with Gasteiger partial charge in [-0.15, -0.1) is 0 Å². The van der Waals surface area contributed by atoms with Gasteiger partial charge in [0, 0.05) is 6.54 Å². The molecular weight excluding hydrogens is 350 g/mol. The monoisotopic (exact) mass is 375 g/mol. The molecule has 0 unspecified atom stereocenters. The van der Waals surface area contributed by atoms with Crippen LogP contribution in [0, 0.1) is 5.92 Å². The fourth-order valence-electron chi connectivity index (χ4n) is 2.68. The number of ether oxygens (including phenoxy) is 1. The standard InChI is InChI=1S/C19H25N3O5/c1-13(2)9-10-20-15(23)12-27-16(24)11-22-17(25)19(3,21-18(22)26)14-7-5-4-6-8-14/h4-8,13H,9-12H2,1-3H3,(H,20,23)(H,21,26)/t19-/m0/s1. The third-order valence-corrected chi connectivity index (χ3v) is 4.32. The largest absolute Gasteiger partial charge is 0.454 e. The molecule has 2 N–H and O–H groups in total. The number of urea groups is 1. The second-order valence-electron chi connectivity index (χ2n) is 7.01. The molecule has 4 amide bonds. The highest BCUT2D eigenvalue weighted by Crippen LogP contribution is 2.28. The second kappa shape index (κ2) is 8.66. The molecule has 2 rings (SSSR count). The van der Waals surface area contributed by atoms with Gasteiger partial charge in [0.05, 0.1) is 0 Å². The van der Waals surface area contributed by atoms with E-state index in [9.17, 15) is 19.2 Å². The Kier molecular flexibility index (Phi) is 6.55. The van der Waals surface area contributed by atoms with E-state index in [1.165, 1.54) is 0 Å². The van der Waals surface area contributed by atoms with Crippen molar-refractivity contribution in [3.63, 3.8) is 0 Å². The molecule has 0 radical (unpaired) electrons. The summed E-state index contributed by atoms with van der Waals surface area (Å²) >= 11 is 0. The van der Waals surface area contributed by atoms with E-state index in [1.807, 2.05) is 13.8 Å². The van der Waals surface area contributed by atoms with Crippen molar-refractivity contribution < 1.29 is 23.9 Å². The lowest BCUT2D eigenvalue weighted by molar-refractivity contribution is -0.151. The maximum atomic E-state index is 12.7.